The number of nitrogens with two attached hydrogens (primary N) is 1. The Hall–Kier alpha value is -2.87. The fourth-order valence-electron chi connectivity index (χ4n) is 3.01. The van der Waals surface area contributed by atoms with Gasteiger partial charge in [0.05, 0.1) is 18.9 Å². The topological polar surface area (TPSA) is 217 Å². The van der Waals surface area contributed by atoms with Gasteiger partial charge in [-0.15, -0.1) is 0 Å². The molecule has 1 aliphatic rings. The second kappa shape index (κ2) is 13.5. The number of thioether (sulfide) groups is 1. The summed E-state index contributed by atoms with van der Waals surface area (Å²) in [6.07, 6.45) is 1.95. The van der Waals surface area contributed by atoms with E-state index in [1.165, 1.54) is 11.8 Å². The zero-order chi connectivity index (χ0) is 24.3. The molecule has 13 nitrogen and oxygen atoms in total. The van der Waals surface area contributed by atoms with Crippen LogP contribution in [0.4, 0.5) is 0 Å². The van der Waals surface area contributed by atoms with Crippen molar-refractivity contribution in [2.24, 2.45) is 5.73 Å². The summed E-state index contributed by atoms with van der Waals surface area (Å²) in [5.41, 5.74) is 5.14. The zero-order valence-electron chi connectivity index (χ0n) is 17.6. The van der Waals surface area contributed by atoms with Gasteiger partial charge in [-0.25, -0.2) is 4.79 Å². The Morgan fingerprint density at radius 2 is 1.62 bits per heavy atom. The van der Waals surface area contributed by atoms with Gasteiger partial charge in [0.25, 0.3) is 0 Å². The molecule has 0 aromatic heterocycles. The standard InChI is InChI=1S/C18H29N5O8S/c1-32-6-4-10(21-15(27)9-3-2-5-20-9)16(28)22-11(7-13(19)24)17(29)23-12(18(30)31)8-14(25)26/h9-12,20H,2-8H2,1H3,(H2,19,24)(H,21,27)(H,22,28)(H,23,29)(H,25,26)(H,30,31). The highest BCUT2D eigenvalue weighted by Gasteiger charge is 2.32. The first-order valence-corrected chi connectivity index (χ1v) is 11.3. The maximum Gasteiger partial charge on any atom is 0.326 e. The highest BCUT2D eigenvalue weighted by molar-refractivity contribution is 7.98. The molecule has 1 heterocycles. The zero-order valence-corrected chi connectivity index (χ0v) is 18.4. The Morgan fingerprint density at radius 1 is 1.00 bits per heavy atom. The molecule has 32 heavy (non-hydrogen) atoms. The lowest BCUT2D eigenvalue weighted by atomic mass is 10.1. The molecule has 1 rings (SSSR count). The first-order valence-electron chi connectivity index (χ1n) is 9.91. The van der Waals surface area contributed by atoms with Crippen molar-refractivity contribution in [2.45, 2.75) is 56.3 Å². The minimum atomic E-state index is -1.77. The number of amides is 4. The van der Waals surface area contributed by atoms with Crippen LogP contribution in [0.15, 0.2) is 0 Å². The van der Waals surface area contributed by atoms with Gasteiger partial charge in [0.2, 0.25) is 23.6 Å². The minimum absolute atomic E-state index is 0.243. The molecule has 1 saturated heterocycles. The summed E-state index contributed by atoms with van der Waals surface area (Å²) in [4.78, 5) is 71.1. The molecule has 14 heteroatoms. The van der Waals surface area contributed by atoms with Crippen molar-refractivity contribution in [2.75, 3.05) is 18.6 Å². The second-order valence-corrected chi connectivity index (χ2v) is 8.21. The van der Waals surface area contributed by atoms with Crippen molar-refractivity contribution in [1.82, 2.24) is 21.3 Å². The maximum atomic E-state index is 12.8. The molecule has 1 aliphatic heterocycles. The van der Waals surface area contributed by atoms with E-state index in [1.54, 1.807) is 0 Å². The molecule has 180 valence electrons. The summed E-state index contributed by atoms with van der Waals surface area (Å²) >= 11 is 1.44. The largest absolute Gasteiger partial charge is 0.481 e. The third-order valence-corrected chi connectivity index (χ3v) is 5.30. The molecule has 1 fully saturated rings. The Labute approximate surface area is 188 Å². The van der Waals surface area contributed by atoms with Gasteiger partial charge in [0.15, 0.2) is 0 Å². The average molecular weight is 476 g/mol. The van der Waals surface area contributed by atoms with Crippen LogP contribution in [0.3, 0.4) is 0 Å². The number of rotatable bonds is 14. The van der Waals surface area contributed by atoms with Gasteiger partial charge in [0.1, 0.15) is 18.1 Å². The molecule has 4 unspecified atom stereocenters. The number of carbonyl (C=O) groups excluding carboxylic acids is 4. The number of hydrogen-bond acceptors (Lipinski definition) is 8. The molecule has 4 amide bonds. The lowest BCUT2D eigenvalue weighted by Gasteiger charge is -2.24. The number of aliphatic carboxylic acids is 2. The lowest BCUT2D eigenvalue weighted by molar-refractivity contribution is -0.147. The highest BCUT2D eigenvalue weighted by Crippen LogP contribution is 2.08. The Kier molecular flexibility index (Phi) is 11.5. The summed E-state index contributed by atoms with van der Waals surface area (Å²) in [5.74, 6) is -5.70. The SMILES string of the molecule is CSCCC(NC(=O)C1CCCN1)C(=O)NC(CC(N)=O)C(=O)NC(CC(=O)O)C(=O)O. The van der Waals surface area contributed by atoms with Crippen LogP contribution < -0.4 is 27.0 Å². The van der Waals surface area contributed by atoms with E-state index in [0.717, 1.165) is 6.42 Å². The van der Waals surface area contributed by atoms with Crippen LogP contribution in [0.1, 0.15) is 32.1 Å². The maximum absolute atomic E-state index is 12.8. The van der Waals surface area contributed by atoms with Gasteiger partial charge in [0, 0.05) is 0 Å². The average Bonchev–Trinajstić information content (AvgIpc) is 3.24. The van der Waals surface area contributed by atoms with Crippen LogP contribution in [0.25, 0.3) is 0 Å². The number of carboxylic acid groups (broad SMARTS) is 2. The minimum Gasteiger partial charge on any atom is -0.481 e. The molecule has 0 spiro atoms. The number of nitrogens with one attached hydrogen (secondary N) is 4. The number of carboxylic acids is 2. The van der Waals surface area contributed by atoms with Gasteiger partial charge in [-0.05, 0) is 37.8 Å². The van der Waals surface area contributed by atoms with Crippen molar-refractivity contribution < 1.29 is 39.0 Å². The third kappa shape index (κ3) is 9.51. The van der Waals surface area contributed by atoms with E-state index in [0.29, 0.717) is 18.7 Å². The Morgan fingerprint density at radius 3 is 2.12 bits per heavy atom. The Bertz CT molecular complexity index is 728. The van der Waals surface area contributed by atoms with E-state index < -0.39 is 66.7 Å². The van der Waals surface area contributed by atoms with Crippen LogP contribution in [0.2, 0.25) is 0 Å². The summed E-state index contributed by atoms with van der Waals surface area (Å²) in [6, 6.07) is -4.76. The second-order valence-electron chi connectivity index (χ2n) is 7.22. The quantitative estimate of drug-likeness (QED) is 0.139. The Balaban J connectivity index is 2.91. The van der Waals surface area contributed by atoms with E-state index in [1.807, 2.05) is 11.6 Å². The summed E-state index contributed by atoms with van der Waals surface area (Å²) < 4.78 is 0. The van der Waals surface area contributed by atoms with E-state index in [9.17, 15) is 28.8 Å². The van der Waals surface area contributed by atoms with Gasteiger partial charge < -0.3 is 37.2 Å². The molecule has 0 bridgehead atoms. The molecule has 0 saturated carbocycles. The first kappa shape index (κ1) is 27.2. The normalized spacial score (nSPS) is 18.1. The fourth-order valence-corrected chi connectivity index (χ4v) is 3.49. The molecular weight excluding hydrogens is 446 g/mol. The van der Waals surface area contributed by atoms with Crippen LogP contribution in [-0.4, -0.2) is 88.5 Å². The van der Waals surface area contributed by atoms with Crippen molar-refractivity contribution in [1.29, 1.82) is 0 Å². The smallest absolute Gasteiger partial charge is 0.326 e. The van der Waals surface area contributed by atoms with E-state index in [4.69, 9.17) is 15.9 Å². The van der Waals surface area contributed by atoms with Gasteiger partial charge in [-0.1, -0.05) is 0 Å². The van der Waals surface area contributed by atoms with Gasteiger partial charge >= 0.3 is 11.9 Å². The van der Waals surface area contributed by atoms with Crippen LogP contribution in [-0.2, 0) is 28.8 Å². The van der Waals surface area contributed by atoms with Crippen LogP contribution >= 0.6 is 11.8 Å². The van der Waals surface area contributed by atoms with E-state index >= 15 is 0 Å². The predicted molar refractivity (Wildman–Crippen MR) is 114 cm³/mol. The van der Waals surface area contributed by atoms with Crippen molar-refractivity contribution >= 4 is 47.3 Å². The van der Waals surface area contributed by atoms with E-state index in [-0.39, 0.29) is 12.3 Å². The highest BCUT2D eigenvalue weighted by atomic mass is 32.2. The van der Waals surface area contributed by atoms with Gasteiger partial charge in [-0.3, -0.25) is 24.0 Å². The third-order valence-electron chi connectivity index (χ3n) is 4.65. The van der Waals surface area contributed by atoms with Crippen molar-refractivity contribution in [3.05, 3.63) is 0 Å². The molecule has 0 aliphatic carbocycles. The van der Waals surface area contributed by atoms with Gasteiger partial charge in [-0.2, -0.15) is 11.8 Å². The van der Waals surface area contributed by atoms with Crippen molar-refractivity contribution in [3.8, 4) is 0 Å². The predicted octanol–water partition coefficient (Wildman–Crippen LogP) is -2.62. The summed E-state index contributed by atoms with van der Waals surface area (Å²) in [7, 11) is 0. The first-order chi connectivity index (χ1) is 15.0. The molecule has 0 radical (unpaired) electrons. The molecule has 8 N–H and O–H groups in total. The summed E-state index contributed by atoms with van der Waals surface area (Å²) in [6.45, 7) is 0.682. The molecular formula is C18H29N5O8S. The van der Waals surface area contributed by atoms with Crippen LogP contribution in [0, 0.1) is 0 Å². The molecule has 4 atom stereocenters. The fraction of sp³-hybridized carbons (Fsp3) is 0.667. The number of hydrogen-bond donors (Lipinski definition) is 7. The number of primary amides is 1. The lowest BCUT2D eigenvalue weighted by Crippen LogP contribution is -2.58. The molecule has 0 aromatic rings. The number of carbonyl (C=O) groups is 6. The monoisotopic (exact) mass is 475 g/mol. The molecule has 0 aromatic carbocycles. The summed E-state index contributed by atoms with van der Waals surface area (Å²) in [5, 5.41) is 27.8. The van der Waals surface area contributed by atoms with Crippen LogP contribution in [0.5, 0.6) is 0 Å². The van der Waals surface area contributed by atoms with Crippen molar-refractivity contribution in [3.63, 3.8) is 0 Å². The van der Waals surface area contributed by atoms with E-state index in [2.05, 4.69) is 16.0 Å².